The molecule has 0 fully saturated rings. The largest absolute Gasteiger partial charge is 0.493 e. The minimum absolute atomic E-state index is 0.0956. The number of benzene rings is 2. The van der Waals surface area contributed by atoms with Crippen LogP contribution in [0.25, 0.3) is 21.9 Å². The van der Waals surface area contributed by atoms with Crippen LogP contribution in [-0.2, 0) is 4.79 Å². The Hall–Kier alpha value is -2.82. The van der Waals surface area contributed by atoms with Crippen LogP contribution in [0.4, 0.5) is 0 Å². The summed E-state index contributed by atoms with van der Waals surface area (Å²) in [6, 6.07) is 10.1. The number of hydrogen-bond acceptors (Lipinski definition) is 4. The Morgan fingerprint density at radius 1 is 1.15 bits per heavy atom. The van der Waals surface area contributed by atoms with Gasteiger partial charge in [0.05, 0.1) is 7.11 Å². The van der Waals surface area contributed by atoms with Crippen molar-refractivity contribution in [2.45, 2.75) is 0 Å². The summed E-state index contributed by atoms with van der Waals surface area (Å²) in [6.45, 7) is 0. The monoisotopic (exact) mass is 270 g/mol. The van der Waals surface area contributed by atoms with E-state index in [2.05, 4.69) is 0 Å². The van der Waals surface area contributed by atoms with E-state index in [9.17, 15) is 9.59 Å². The molecule has 0 saturated heterocycles. The fourth-order valence-electron chi connectivity index (χ4n) is 2.27. The highest BCUT2D eigenvalue weighted by Crippen LogP contribution is 2.37. The molecule has 0 saturated carbocycles. The fraction of sp³-hybridized carbons (Fsp3) is 0.0667. The number of rotatable bonds is 3. The molecule has 0 aliphatic heterocycles. The van der Waals surface area contributed by atoms with Gasteiger partial charge in [0.1, 0.15) is 5.58 Å². The van der Waals surface area contributed by atoms with E-state index in [1.54, 1.807) is 24.3 Å². The number of furan rings is 1. The Balaban J connectivity index is 2.48. The number of Topliss-reactive ketones (excluding diaryl/α,β-unsaturated/α-hetero) is 1. The number of carbonyl (C=O) groups excluding carboxylic acids is 1. The maximum absolute atomic E-state index is 11.8. The molecule has 3 rings (SSSR count). The number of ether oxygens (including phenoxy) is 1. The normalized spacial score (nSPS) is 10.8. The summed E-state index contributed by atoms with van der Waals surface area (Å²) in [6.07, 6.45) is 0. The van der Waals surface area contributed by atoms with E-state index in [4.69, 9.17) is 14.3 Å². The van der Waals surface area contributed by atoms with Crippen LogP contribution < -0.4 is 4.74 Å². The molecule has 2 aromatic carbocycles. The van der Waals surface area contributed by atoms with Crippen molar-refractivity contribution in [2.75, 3.05) is 7.11 Å². The number of fused-ring (bicyclic) bond motifs is 3. The number of carboxylic acid groups (broad SMARTS) is 1. The van der Waals surface area contributed by atoms with Gasteiger partial charge in [0.15, 0.2) is 11.3 Å². The molecule has 5 heteroatoms. The van der Waals surface area contributed by atoms with Crippen molar-refractivity contribution in [3.8, 4) is 5.75 Å². The molecular weight excluding hydrogens is 260 g/mol. The zero-order chi connectivity index (χ0) is 14.3. The van der Waals surface area contributed by atoms with Crippen LogP contribution >= 0.6 is 0 Å². The topological polar surface area (TPSA) is 76.7 Å². The van der Waals surface area contributed by atoms with Crippen LogP contribution in [0.2, 0.25) is 0 Å². The smallest absolute Gasteiger partial charge is 0.377 e. The van der Waals surface area contributed by atoms with Gasteiger partial charge in [0.25, 0.3) is 5.78 Å². The quantitative estimate of drug-likeness (QED) is 0.585. The highest BCUT2D eigenvalue weighted by molar-refractivity contribution is 6.43. The van der Waals surface area contributed by atoms with Crippen molar-refractivity contribution in [2.24, 2.45) is 0 Å². The second kappa shape index (κ2) is 4.38. The molecule has 1 heterocycles. The zero-order valence-corrected chi connectivity index (χ0v) is 10.5. The van der Waals surface area contributed by atoms with Crippen molar-refractivity contribution < 1.29 is 23.8 Å². The number of ketones is 1. The first kappa shape index (κ1) is 12.2. The van der Waals surface area contributed by atoms with Gasteiger partial charge in [0, 0.05) is 16.3 Å². The maximum atomic E-state index is 11.8. The summed E-state index contributed by atoms with van der Waals surface area (Å²) >= 11 is 0. The number of methoxy groups -OCH3 is 1. The van der Waals surface area contributed by atoms with Crippen LogP contribution in [-0.4, -0.2) is 24.0 Å². The van der Waals surface area contributed by atoms with Gasteiger partial charge in [-0.15, -0.1) is 0 Å². The zero-order valence-electron chi connectivity index (χ0n) is 10.5. The molecule has 1 aromatic heterocycles. The fourth-order valence-corrected chi connectivity index (χ4v) is 2.27. The molecule has 0 bridgehead atoms. The lowest BCUT2D eigenvalue weighted by molar-refractivity contribution is -0.131. The lowest BCUT2D eigenvalue weighted by Crippen LogP contribution is -2.12. The Labute approximate surface area is 113 Å². The Bertz CT molecular complexity index is 844. The van der Waals surface area contributed by atoms with Gasteiger partial charge in [-0.2, -0.15) is 0 Å². The van der Waals surface area contributed by atoms with Gasteiger partial charge in [-0.3, -0.25) is 4.79 Å². The molecule has 0 atom stereocenters. The highest BCUT2D eigenvalue weighted by Gasteiger charge is 2.23. The first-order valence-corrected chi connectivity index (χ1v) is 5.89. The van der Waals surface area contributed by atoms with E-state index in [1.807, 2.05) is 0 Å². The van der Waals surface area contributed by atoms with Crippen LogP contribution in [0.5, 0.6) is 5.75 Å². The average Bonchev–Trinajstić information content (AvgIpc) is 2.85. The number of carboxylic acids is 1. The summed E-state index contributed by atoms with van der Waals surface area (Å²) < 4.78 is 10.9. The van der Waals surface area contributed by atoms with Crippen LogP contribution in [0.3, 0.4) is 0 Å². The predicted octanol–water partition coefficient (Wildman–Crippen LogP) is 2.86. The van der Waals surface area contributed by atoms with E-state index in [1.165, 1.54) is 19.2 Å². The summed E-state index contributed by atoms with van der Waals surface area (Å²) in [7, 11) is 1.49. The van der Waals surface area contributed by atoms with Crippen molar-refractivity contribution in [1.29, 1.82) is 0 Å². The second-order valence-electron chi connectivity index (χ2n) is 4.25. The molecule has 0 aliphatic rings. The van der Waals surface area contributed by atoms with E-state index in [-0.39, 0.29) is 5.56 Å². The highest BCUT2D eigenvalue weighted by atomic mass is 16.5. The van der Waals surface area contributed by atoms with E-state index >= 15 is 0 Å². The van der Waals surface area contributed by atoms with Gasteiger partial charge in [-0.05, 0) is 18.2 Å². The third-order valence-electron chi connectivity index (χ3n) is 3.15. The maximum Gasteiger partial charge on any atom is 0.377 e. The standard InChI is InChI=1S/C15H10O5/c1-19-11-7-6-9(13(16)15(17)18)12-8-4-2-3-5-10(8)20-14(11)12/h2-7H,1H3,(H,17,18). The lowest BCUT2D eigenvalue weighted by Gasteiger charge is -2.03. The molecule has 3 aromatic rings. The molecular formula is C15H10O5. The van der Waals surface area contributed by atoms with Crippen LogP contribution in [0, 0.1) is 0 Å². The molecule has 0 spiro atoms. The Kier molecular flexibility index (Phi) is 2.68. The van der Waals surface area contributed by atoms with Crippen LogP contribution in [0.1, 0.15) is 10.4 Å². The number of aliphatic carboxylic acids is 1. The second-order valence-corrected chi connectivity index (χ2v) is 4.25. The van der Waals surface area contributed by atoms with Crippen molar-refractivity contribution >= 4 is 33.7 Å². The third kappa shape index (κ3) is 1.64. The minimum Gasteiger partial charge on any atom is -0.493 e. The van der Waals surface area contributed by atoms with Gasteiger partial charge in [-0.1, -0.05) is 18.2 Å². The SMILES string of the molecule is COc1ccc(C(=O)C(=O)O)c2c1oc1ccccc12. The third-order valence-corrected chi connectivity index (χ3v) is 3.15. The van der Waals surface area contributed by atoms with Gasteiger partial charge >= 0.3 is 5.97 Å². The van der Waals surface area contributed by atoms with Gasteiger partial charge in [-0.25, -0.2) is 4.79 Å². The van der Waals surface area contributed by atoms with E-state index in [0.717, 1.165) is 0 Å². The Morgan fingerprint density at radius 3 is 2.60 bits per heavy atom. The number of para-hydroxylation sites is 1. The summed E-state index contributed by atoms with van der Waals surface area (Å²) in [5.74, 6) is -2.01. The summed E-state index contributed by atoms with van der Waals surface area (Å²) in [5.41, 5.74) is 1.05. The molecule has 5 nitrogen and oxygen atoms in total. The Morgan fingerprint density at radius 2 is 1.90 bits per heavy atom. The minimum atomic E-state index is -1.50. The first-order chi connectivity index (χ1) is 9.63. The number of carbonyl (C=O) groups is 2. The molecule has 20 heavy (non-hydrogen) atoms. The molecule has 100 valence electrons. The van der Waals surface area contributed by atoms with Crippen molar-refractivity contribution in [3.05, 3.63) is 42.0 Å². The lowest BCUT2D eigenvalue weighted by atomic mass is 10.0. The summed E-state index contributed by atoms with van der Waals surface area (Å²) in [4.78, 5) is 22.8. The number of hydrogen-bond donors (Lipinski definition) is 1. The van der Waals surface area contributed by atoms with Gasteiger partial charge in [0.2, 0.25) is 0 Å². The first-order valence-electron chi connectivity index (χ1n) is 5.89. The molecule has 0 aliphatic carbocycles. The summed E-state index contributed by atoms with van der Waals surface area (Å²) in [5, 5.41) is 10.1. The van der Waals surface area contributed by atoms with E-state index < -0.39 is 11.8 Å². The average molecular weight is 270 g/mol. The van der Waals surface area contributed by atoms with Crippen molar-refractivity contribution in [3.63, 3.8) is 0 Å². The van der Waals surface area contributed by atoms with Crippen LogP contribution in [0.15, 0.2) is 40.8 Å². The molecule has 0 unspecified atom stereocenters. The molecule has 0 amide bonds. The predicted molar refractivity (Wildman–Crippen MR) is 72.2 cm³/mol. The van der Waals surface area contributed by atoms with Gasteiger partial charge < -0.3 is 14.3 Å². The molecule has 1 N–H and O–H groups in total. The van der Waals surface area contributed by atoms with E-state index in [0.29, 0.717) is 27.7 Å². The van der Waals surface area contributed by atoms with Crippen molar-refractivity contribution in [1.82, 2.24) is 0 Å². The molecule has 0 radical (unpaired) electrons.